The SMILES string of the molecule is O=C(Cn1c(=O)oc2ccccc21)N1CCCN(S(=O)(=O)c2ccc(F)cc2)CC1. The lowest BCUT2D eigenvalue weighted by atomic mass is 10.3. The van der Waals surface area contributed by atoms with E-state index < -0.39 is 21.6 Å². The average Bonchev–Trinajstić information content (AvgIpc) is 2.90. The summed E-state index contributed by atoms with van der Waals surface area (Å²) in [5, 5.41) is 0. The highest BCUT2D eigenvalue weighted by molar-refractivity contribution is 7.89. The molecule has 0 bridgehead atoms. The number of amides is 1. The quantitative estimate of drug-likeness (QED) is 0.624. The maximum Gasteiger partial charge on any atom is 0.420 e. The Kier molecular flexibility index (Phi) is 5.44. The molecule has 1 amide bonds. The van der Waals surface area contributed by atoms with Gasteiger partial charge in [-0.25, -0.2) is 17.6 Å². The highest BCUT2D eigenvalue weighted by atomic mass is 32.2. The lowest BCUT2D eigenvalue weighted by Gasteiger charge is -2.22. The van der Waals surface area contributed by atoms with E-state index in [1.54, 1.807) is 29.2 Å². The Hall–Kier alpha value is -2.98. The van der Waals surface area contributed by atoms with Crippen LogP contribution in [0, 0.1) is 5.82 Å². The normalized spacial score (nSPS) is 16.0. The van der Waals surface area contributed by atoms with E-state index in [0.29, 0.717) is 24.1 Å². The summed E-state index contributed by atoms with van der Waals surface area (Å²) >= 11 is 0. The first-order valence-electron chi connectivity index (χ1n) is 9.48. The van der Waals surface area contributed by atoms with Crippen LogP contribution in [-0.2, 0) is 21.4 Å². The first-order valence-corrected chi connectivity index (χ1v) is 10.9. The molecule has 0 saturated carbocycles. The van der Waals surface area contributed by atoms with Crippen molar-refractivity contribution in [3.05, 3.63) is 64.9 Å². The average molecular weight is 433 g/mol. The molecule has 2 aromatic carbocycles. The molecular weight excluding hydrogens is 413 g/mol. The van der Waals surface area contributed by atoms with Crippen LogP contribution in [0.4, 0.5) is 4.39 Å². The smallest absolute Gasteiger partial charge is 0.408 e. The van der Waals surface area contributed by atoms with Crippen molar-refractivity contribution in [2.75, 3.05) is 26.2 Å². The number of carbonyl (C=O) groups is 1. The largest absolute Gasteiger partial charge is 0.420 e. The van der Waals surface area contributed by atoms with E-state index in [-0.39, 0.29) is 37.0 Å². The Labute approximate surface area is 172 Å². The van der Waals surface area contributed by atoms with Crippen molar-refractivity contribution in [3.63, 3.8) is 0 Å². The zero-order valence-corrected chi connectivity index (χ0v) is 16.8. The maximum absolute atomic E-state index is 13.1. The molecule has 1 aliphatic heterocycles. The fourth-order valence-corrected chi connectivity index (χ4v) is 5.01. The van der Waals surface area contributed by atoms with Gasteiger partial charge in [0.15, 0.2) is 5.58 Å². The van der Waals surface area contributed by atoms with Crippen LogP contribution in [0.2, 0.25) is 0 Å². The number of para-hydroxylation sites is 2. The summed E-state index contributed by atoms with van der Waals surface area (Å²) in [5.74, 6) is -1.41. The van der Waals surface area contributed by atoms with Crippen LogP contribution in [0.25, 0.3) is 11.1 Å². The van der Waals surface area contributed by atoms with Gasteiger partial charge in [-0.2, -0.15) is 4.31 Å². The number of hydrogen-bond donors (Lipinski definition) is 0. The van der Waals surface area contributed by atoms with Gasteiger partial charge in [0.1, 0.15) is 12.4 Å². The van der Waals surface area contributed by atoms with E-state index in [0.717, 1.165) is 12.1 Å². The molecule has 0 radical (unpaired) electrons. The Balaban J connectivity index is 1.47. The summed E-state index contributed by atoms with van der Waals surface area (Å²) < 4.78 is 46.5. The second-order valence-electron chi connectivity index (χ2n) is 7.01. The van der Waals surface area contributed by atoms with Gasteiger partial charge in [-0.05, 0) is 42.8 Å². The Morgan fingerprint density at radius 1 is 1.00 bits per heavy atom. The molecule has 4 rings (SSSR count). The molecule has 30 heavy (non-hydrogen) atoms. The minimum absolute atomic E-state index is 0.0140. The van der Waals surface area contributed by atoms with Gasteiger partial charge in [0.05, 0.1) is 10.4 Å². The summed E-state index contributed by atoms with van der Waals surface area (Å²) in [5.41, 5.74) is 0.939. The minimum atomic E-state index is -3.78. The molecule has 3 aromatic rings. The van der Waals surface area contributed by atoms with E-state index in [2.05, 4.69) is 0 Å². The van der Waals surface area contributed by atoms with Crippen molar-refractivity contribution in [1.29, 1.82) is 0 Å². The molecule has 1 aliphatic rings. The second-order valence-corrected chi connectivity index (χ2v) is 8.95. The molecular formula is C20H20FN3O5S. The van der Waals surface area contributed by atoms with Crippen LogP contribution < -0.4 is 5.76 Å². The molecule has 0 N–H and O–H groups in total. The summed E-state index contributed by atoms with van der Waals surface area (Å²) in [6.07, 6.45) is 0.452. The van der Waals surface area contributed by atoms with E-state index in [1.165, 1.54) is 21.0 Å². The van der Waals surface area contributed by atoms with Gasteiger partial charge in [-0.15, -0.1) is 0 Å². The van der Waals surface area contributed by atoms with E-state index >= 15 is 0 Å². The zero-order valence-electron chi connectivity index (χ0n) is 16.0. The van der Waals surface area contributed by atoms with Crippen LogP contribution in [0.5, 0.6) is 0 Å². The standard InChI is InChI=1S/C20H20FN3O5S/c21-15-6-8-16(9-7-15)30(27,28)23-11-3-10-22(12-13-23)19(25)14-24-17-4-1-2-5-18(17)29-20(24)26/h1-2,4-9H,3,10-14H2. The van der Waals surface area contributed by atoms with E-state index in [9.17, 15) is 22.4 Å². The number of halogens is 1. The van der Waals surface area contributed by atoms with Gasteiger partial charge in [0, 0.05) is 26.2 Å². The minimum Gasteiger partial charge on any atom is -0.408 e. The van der Waals surface area contributed by atoms with Gasteiger partial charge in [-0.1, -0.05) is 12.1 Å². The number of hydrogen-bond acceptors (Lipinski definition) is 5. The van der Waals surface area contributed by atoms with E-state index in [1.807, 2.05) is 0 Å². The zero-order chi connectivity index (χ0) is 21.3. The van der Waals surface area contributed by atoms with Gasteiger partial charge in [0.2, 0.25) is 15.9 Å². The molecule has 0 spiro atoms. The monoisotopic (exact) mass is 433 g/mol. The Morgan fingerprint density at radius 2 is 1.73 bits per heavy atom. The molecule has 1 saturated heterocycles. The Bertz CT molecular complexity index is 1230. The third kappa shape index (κ3) is 3.88. The molecule has 10 heteroatoms. The van der Waals surface area contributed by atoms with Crippen LogP contribution in [0.3, 0.4) is 0 Å². The fourth-order valence-electron chi connectivity index (χ4n) is 3.54. The molecule has 0 aliphatic carbocycles. The van der Waals surface area contributed by atoms with Crippen LogP contribution in [0.15, 0.2) is 62.6 Å². The van der Waals surface area contributed by atoms with Crippen LogP contribution in [-0.4, -0.2) is 54.3 Å². The molecule has 0 unspecified atom stereocenters. The summed E-state index contributed by atoms with van der Waals surface area (Å²) in [6, 6.07) is 11.5. The van der Waals surface area contributed by atoms with Crippen LogP contribution in [0.1, 0.15) is 6.42 Å². The number of fused-ring (bicyclic) bond motifs is 1. The lowest BCUT2D eigenvalue weighted by molar-refractivity contribution is -0.131. The third-order valence-corrected chi connectivity index (χ3v) is 7.04. The number of oxazole rings is 1. The first kappa shape index (κ1) is 20.3. The van der Waals surface area contributed by atoms with Crippen molar-refractivity contribution in [1.82, 2.24) is 13.8 Å². The van der Waals surface area contributed by atoms with Crippen molar-refractivity contribution >= 4 is 27.0 Å². The Morgan fingerprint density at radius 3 is 2.50 bits per heavy atom. The van der Waals surface area contributed by atoms with Gasteiger partial charge >= 0.3 is 5.76 Å². The molecule has 1 aromatic heterocycles. The molecule has 0 atom stereocenters. The van der Waals surface area contributed by atoms with Crippen molar-refractivity contribution in [2.24, 2.45) is 0 Å². The predicted octanol–water partition coefficient (Wildman–Crippen LogP) is 1.66. The number of rotatable bonds is 4. The molecule has 158 valence electrons. The highest BCUT2D eigenvalue weighted by Gasteiger charge is 2.28. The van der Waals surface area contributed by atoms with Crippen molar-refractivity contribution in [3.8, 4) is 0 Å². The predicted molar refractivity (Wildman–Crippen MR) is 107 cm³/mol. The lowest BCUT2D eigenvalue weighted by Crippen LogP contribution is -2.39. The van der Waals surface area contributed by atoms with Crippen molar-refractivity contribution in [2.45, 2.75) is 17.9 Å². The van der Waals surface area contributed by atoms with Gasteiger partial charge in [0.25, 0.3) is 0 Å². The number of carbonyl (C=O) groups excluding carboxylic acids is 1. The number of aromatic nitrogens is 1. The number of nitrogens with zero attached hydrogens (tertiary/aromatic N) is 3. The van der Waals surface area contributed by atoms with Crippen molar-refractivity contribution < 1.29 is 22.0 Å². The molecule has 2 heterocycles. The molecule has 8 nitrogen and oxygen atoms in total. The maximum atomic E-state index is 13.1. The summed E-state index contributed by atoms with van der Waals surface area (Å²) in [7, 11) is -3.78. The highest BCUT2D eigenvalue weighted by Crippen LogP contribution is 2.19. The summed E-state index contributed by atoms with van der Waals surface area (Å²) in [4.78, 5) is 26.5. The fraction of sp³-hybridized carbons (Fsp3) is 0.300. The number of sulfonamides is 1. The number of benzene rings is 2. The second kappa shape index (κ2) is 8.04. The van der Waals surface area contributed by atoms with Crippen LogP contribution >= 0.6 is 0 Å². The topological polar surface area (TPSA) is 92.8 Å². The summed E-state index contributed by atoms with van der Waals surface area (Å²) in [6.45, 7) is 0.758. The van der Waals surface area contributed by atoms with Gasteiger partial charge < -0.3 is 9.32 Å². The third-order valence-electron chi connectivity index (χ3n) is 5.13. The van der Waals surface area contributed by atoms with Gasteiger partial charge in [-0.3, -0.25) is 9.36 Å². The van der Waals surface area contributed by atoms with E-state index in [4.69, 9.17) is 4.42 Å². The molecule has 1 fully saturated rings. The first-order chi connectivity index (χ1) is 14.4.